The van der Waals surface area contributed by atoms with E-state index >= 15 is 0 Å². The lowest BCUT2D eigenvalue weighted by Crippen LogP contribution is -2.41. The summed E-state index contributed by atoms with van der Waals surface area (Å²) in [5, 5.41) is 27.9. The minimum atomic E-state index is -3.78. The maximum atomic E-state index is 13.3. The summed E-state index contributed by atoms with van der Waals surface area (Å²) in [6.07, 6.45) is 1.44. The van der Waals surface area contributed by atoms with Crippen LogP contribution in [0.4, 0.5) is 0 Å². The maximum absolute atomic E-state index is 13.3. The van der Waals surface area contributed by atoms with E-state index in [-0.39, 0.29) is 47.0 Å². The average molecular weight is 477 g/mol. The largest absolute Gasteiger partial charge is 0.492 e. The standard InChI is InChI=1S/C21H21ClN4O5S/c22-16-3-1-2-4-17(16)32(29,30)14-9-13(11-31-19-6-5-18(27)25-26-19)15(10-14)20(28)24-21(12-23)7-8-21/h1-6,13-15H,7-11H2,(H,24,28)(H,25,27)/t13-,14-,15+/m0/s1. The van der Waals surface area contributed by atoms with Gasteiger partial charge >= 0.3 is 0 Å². The minimum absolute atomic E-state index is 0.0334. The van der Waals surface area contributed by atoms with E-state index in [1.54, 1.807) is 12.1 Å². The Balaban J connectivity index is 1.55. The number of nitrogens with zero attached hydrogens (tertiary/aromatic N) is 3. The zero-order chi connectivity index (χ0) is 22.9. The number of benzene rings is 1. The number of nitriles is 1. The fourth-order valence-electron chi connectivity index (χ4n) is 3.99. The van der Waals surface area contributed by atoms with Gasteiger partial charge in [-0.15, -0.1) is 10.2 Å². The van der Waals surface area contributed by atoms with Crippen LogP contribution < -0.4 is 10.1 Å². The highest BCUT2D eigenvalue weighted by molar-refractivity contribution is 7.92. The zero-order valence-corrected chi connectivity index (χ0v) is 18.5. The fourth-order valence-corrected chi connectivity index (χ4v) is 6.38. The van der Waals surface area contributed by atoms with E-state index in [1.165, 1.54) is 24.3 Å². The number of nitrogens with one attached hydrogen (secondary N) is 1. The average Bonchev–Trinajstić information content (AvgIpc) is 3.40. The lowest BCUT2D eigenvalue weighted by atomic mass is 9.95. The van der Waals surface area contributed by atoms with Crippen LogP contribution in [-0.2, 0) is 14.6 Å². The maximum Gasteiger partial charge on any atom is 0.233 e. The Morgan fingerprint density at radius 3 is 2.62 bits per heavy atom. The second-order valence-electron chi connectivity index (χ2n) is 8.16. The van der Waals surface area contributed by atoms with Crippen molar-refractivity contribution in [3.8, 4) is 17.8 Å². The van der Waals surface area contributed by atoms with Gasteiger partial charge in [0.25, 0.3) is 0 Å². The first-order valence-corrected chi connectivity index (χ1v) is 12.0. The zero-order valence-electron chi connectivity index (χ0n) is 16.9. The van der Waals surface area contributed by atoms with Gasteiger partial charge in [0.2, 0.25) is 17.7 Å². The molecule has 0 spiro atoms. The summed E-state index contributed by atoms with van der Waals surface area (Å²) in [5.74, 6) is -1.55. The van der Waals surface area contributed by atoms with Gasteiger partial charge < -0.3 is 15.2 Å². The van der Waals surface area contributed by atoms with Crippen LogP contribution in [0.25, 0.3) is 0 Å². The second kappa shape index (κ2) is 8.56. The number of amides is 1. The molecule has 9 nitrogen and oxygen atoms in total. The number of carbonyl (C=O) groups excluding carboxylic acids is 1. The van der Waals surface area contributed by atoms with Crippen molar-refractivity contribution in [1.29, 1.82) is 5.26 Å². The highest BCUT2D eigenvalue weighted by Gasteiger charge is 2.50. The van der Waals surface area contributed by atoms with Crippen molar-refractivity contribution in [3.05, 3.63) is 41.4 Å². The molecule has 1 amide bonds. The van der Waals surface area contributed by atoms with E-state index in [9.17, 15) is 23.6 Å². The molecule has 2 aliphatic carbocycles. The number of hydrogen-bond acceptors (Lipinski definition) is 8. The molecular formula is C21H21ClN4O5S. The Hall–Kier alpha value is -2.90. The number of carbonyl (C=O) groups is 1. The van der Waals surface area contributed by atoms with Crippen molar-refractivity contribution in [2.75, 3.05) is 6.61 Å². The molecule has 2 aromatic rings. The molecule has 0 unspecified atom stereocenters. The summed E-state index contributed by atoms with van der Waals surface area (Å²) in [7, 11) is -3.78. The predicted octanol–water partition coefficient (Wildman–Crippen LogP) is 2.26. The van der Waals surface area contributed by atoms with Gasteiger partial charge in [-0.3, -0.25) is 4.79 Å². The Morgan fingerprint density at radius 2 is 2.00 bits per heavy atom. The summed E-state index contributed by atoms with van der Waals surface area (Å²) in [6, 6.07) is 11.1. The molecular weight excluding hydrogens is 456 g/mol. The summed E-state index contributed by atoms with van der Waals surface area (Å²) in [5.41, 5.74) is -0.857. The van der Waals surface area contributed by atoms with Gasteiger partial charge in [0.15, 0.2) is 9.84 Å². The Morgan fingerprint density at radius 1 is 1.25 bits per heavy atom. The molecule has 4 rings (SSSR count). The van der Waals surface area contributed by atoms with Crippen LogP contribution in [0.15, 0.2) is 41.3 Å². The second-order valence-corrected chi connectivity index (χ2v) is 10.8. The van der Waals surface area contributed by atoms with Crippen molar-refractivity contribution < 1.29 is 23.1 Å². The number of ether oxygens (including phenoxy) is 1. The third-order valence-corrected chi connectivity index (χ3v) is 8.64. The third kappa shape index (κ3) is 4.49. The van der Waals surface area contributed by atoms with Crippen molar-refractivity contribution in [2.24, 2.45) is 11.8 Å². The molecule has 168 valence electrons. The Labute approximate surface area is 190 Å². The van der Waals surface area contributed by atoms with E-state index in [1.807, 2.05) is 0 Å². The monoisotopic (exact) mass is 476 g/mol. The van der Waals surface area contributed by atoms with E-state index in [0.29, 0.717) is 12.8 Å². The molecule has 2 aliphatic rings. The van der Waals surface area contributed by atoms with Gasteiger partial charge in [0.05, 0.1) is 27.8 Å². The molecule has 2 N–H and O–H groups in total. The molecule has 0 aliphatic heterocycles. The molecule has 1 aromatic carbocycles. The Kier molecular flexibility index (Phi) is 5.97. The van der Waals surface area contributed by atoms with Crippen LogP contribution in [-0.4, -0.2) is 47.0 Å². The van der Waals surface area contributed by atoms with Crippen molar-refractivity contribution in [3.63, 3.8) is 0 Å². The van der Waals surface area contributed by atoms with Gasteiger partial charge in [-0.05, 0) is 37.8 Å². The molecule has 2 saturated carbocycles. The van der Waals surface area contributed by atoms with Crippen LogP contribution >= 0.6 is 11.6 Å². The molecule has 0 saturated heterocycles. The number of aromatic nitrogens is 2. The van der Waals surface area contributed by atoms with E-state index in [4.69, 9.17) is 16.3 Å². The van der Waals surface area contributed by atoms with Crippen LogP contribution in [0.2, 0.25) is 5.02 Å². The van der Waals surface area contributed by atoms with Crippen LogP contribution in [0, 0.1) is 23.2 Å². The summed E-state index contributed by atoms with van der Waals surface area (Å²) >= 11 is 6.14. The van der Waals surface area contributed by atoms with E-state index in [2.05, 4.69) is 21.6 Å². The Bertz CT molecular complexity index is 1160. The first kappa shape index (κ1) is 22.3. The number of rotatable bonds is 7. The summed E-state index contributed by atoms with van der Waals surface area (Å²) in [4.78, 5) is 13.0. The quantitative estimate of drug-likeness (QED) is 0.619. The smallest absolute Gasteiger partial charge is 0.233 e. The van der Waals surface area contributed by atoms with Gasteiger partial charge in [-0.2, -0.15) is 5.26 Å². The van der Waals surface area contributed by atoms with E-state index in [0.717, 1.165) is 0 Å². The molecule has 32 heavy (non-hydrogen) atoms. The van der Waals surface area contributed by atoms with E-state index < -0.39 is 32.5 Å². The van der Waals surface area contributed by atoms with Crippen LogP contribution in [0.5, 0.6) is 11.8 Å². The predicted molar refractivity (Wildman–Crippen MR) is 114 cm³/mol. The topological polar surface area (TPSA) is 142 Å². The molecule has 2 fully saturated rings. The van der Waals surface area contributed by atoms with Crippen LogP contribution in [0.1, 0.15) is 25.7 Å². The number of sulfone groups is 1. The lowest BCUT2D eigenvalue weighted by Gasteiger charge is -2.20. The minimum Gasteiger partial charge on any atom is -0.492 e. The normalized spacial score (nSPS) is 23.8. The fraction of sp³-hybridized carbons (Fsp3) is 0.429. The highest BCUT2D eigenvalue weighted by Crippen LogP contribution is 2.42. The summed E-state index contributed by atoms with van der Waals surface area (Å²) in [6.45, 7) is 0.0334. The first-order valence-electron chi connectivity index (χ1n) is 10.1. The van der Waals surface area contributed by atoms with Gasteiger partial charge in [-0.1, -0.05) is 23.7 Å². The SMILES string of the molecule is N#CC1(NC(=O)[C@@H]2C[C@@H](S(=O)(=O)c3ccccc3Cl)C[C@H]2COc2ccc(O)nn2)CC1. The molecule has 1 heterocycles. The van der Waals surface area contributed by atoms with Gasteiger partial charge in [-0.25, -0.2) is 8.42 Å². The van der Waals surface area contributed by atoms with Gasteiger partial charge in [0.1, 0.15) is 5.54 Å². The van der Waals surface area contributed by atoms with Gasteiger partial charge in [0, 0.05) is 24.0 Å². The molecule has 3 atom stereocenters. The summed E-state index contributed by atoms with van der Waals surface area (Å²) < 4.78 is 32.2. The third-order valence-electron chi connectivity index (χ3n) is 5.97. The van der Waals surface area contributed by atoms with Crippen molar-refractivity contribution in [2.45, 2.75) is 41.4 Å². The molecule has 0 radical (unpaired) electrons. The van der Waals surface area contributed by atoms with Crippen molar-refractivity contribution in [1.82, 2.24) is 15.5 Å². The first-order chi connectivity index (χ1) is 15.2. The molecule has 0 bridgehead atoms. The lowest BCUT2D eigenvalue weighted by molar-refractivity contribution is -0.127. The number of aromatic hydroxyl groups is 1. The number of hydrogen-bond donors (Lipinski definition) is 2. The van der Waals surface area contributed by atoms with Crippen molar-refractivity contribution >= 4 is 27.3 Å². The molecule has 11 heteroatoms. The molecule has 1 aromatic heterocycles. The van der Waals surface area contributed by atoms with Crippen LogP contribution in [0.3, 0.4) is 0 Å². The number of halogens is 1. The highest BCUT2D eigenvalue weighted by atomic mass is 35.5.